The van der Waals surface area contributed by atoms with E-state index < -0.39 is 0 Å². The molecule has 0 aromatic heterocycles. The van der Waals surface area contributed by atoms with Crippen LogP contribution < -0.4 is 5.32 Å². The van der Waals surface area contributed by atoms with E-state index in [0.29, 0.717) is 0 Å². The van der Waals surface area contributed by atoms with E-state index in [0.717, 1.165) is 13.0 Å². The fourth-order valence-corrected chi connectivity index (χ4v) is 1.98. The maximum Gasteiger partial charge on any atom is 0.234 e. The van der Waals surface area contributed by atoms with E-state index in [1.54, 1.807) is 0 Å². The SMILES string of the molecule is CCCCCCCCCCCCNC(=O)CCl. The van der Waals surface area contributed by atoms with Crippen molar-refractivity contribution in [3.63, 3.8) is 0 Å². The third-order valence-electron chi connectivity index (χ3n) is 2.97. The molecule has 0 heterocycles. The normalized spacial score (nSPS) is 10.5. The average molecular weight is 262 g/mol. The summed E-state index contributed by atoms with van der Waals surface area (Å²) >= 11 is 5.37. The lowest BCUT2D eigenvalue weighted by Crippen LogP contribution is -2.25. The molecule has 1 amide bonds. The van der Waals surface area contributed by atoms with E-state index in [2.05, 4.69) is 12.2 Å². The number of nitrogens with one attached hydrogen (secondary N) is 1. The van der Waals surface area contributed by atoms with Crippen LogP contribution in [-0.4, -0.2) is 18.3 Å². The molecule has 102 valence electrons. The van der Waals surface area contributed by atoms with Gasteiger partial charge in [-0.2, -0.15) is 0 Å². The molecule has 0 aliphatic carbocycles. The molecule has 0 aromatic rings. The summed E-state index contributed by atoms with van der Waals surface area (Å²) < 4.78 is 0. The van der Waals surface area contributed by atoms with Crippen LogP contribution in [0.4, 0.5) is 0 Å². The summed E-state index contributed by atoms with van der Waals surface area (Å²) in [5, 5.41) is 2.79. The molecule has 0 aromatic carbocycles. The minimum Gasteiger partial charge on any atom is -0.355 e. The van der Waals surface area contributed by atoms with Crippen LogP contribution in [0, 0.1) is 0 Å². The lowest BCUT2D eigenvalue weighted by molar-refractivity contribution is -0.118. The van der Waals surface area contributed by atoms with Crippen LogP contribution >= 0.6 is 11.6 Å². The second-order valence-corrected chi connectivity index (χ2v) is 4.93. The highest BCUT2D eigenvalue weighted by atomic mass is 35.5. The predicted octanol–water partition coefficient (Wildman–Crippen LogP) is 4.26. The number of halogens is 1. The predicted molar refractivity (Wildman–Crippen MR) is 75.6 cm³/mol. The third kappa shape index (κ3) is 13.7. The first-order chi connectivity index (χ1) is 8.31. The highest BCUT2D eigenvalue weighted by molar-refractivity contribution is 6.27. The van der Waals surface area contributed by atoms with Crippen LogP contribution in [0.1, 0.15) is 71.1 Å². The molecule has 0 aliphatic rings. The standard InChI is InChI=1S/C14H28ClNO/c1-2-3-4-5-6-7-8-9-10-11-12-16-14(17)13-15/h2-13H2,1H3,(H,16,17). The molecule has 0 spiro atoms. The van der Waals surface area contributed by atoms with E-state index in [9.17, 15) is 4.79 Å². The van der Waals surface area contributed by atoms with Gasteiger partial charge in [0, 0.05) is 6.54 Å². The van der Waals surface area contributed by atoms with Crippen LogP contribution in [0.5, 0.6) is 0 Å². The molecular formula is C14H28ClNO. The van der Waals surface area contributed by atoms with Gasteiger partial charge < -0.3 is 5.32 Å². The second-order valence-electron chi connectivity index (χ2n) is 4.67. The number of hydrogen-bond donors (Lipinski definition) is 1. The molecule has 0 saturated heterocycles. The van der Waals surface area contributed by atoms with E-state index in [4.69, 9.17) is 11.6 Å². The van der Waals surface area contributed by atoms with Crippen LogP contribution in [0.3, 0.4) is 0 Å². The second kappa shape index (κ2) is 13.8. The fraction of sp³-hybridized carbons (Fsp3) is 0.929. The van der Waals surface area contributed by atoms with Gasteiger partial charge in [0.05, 0.1) is 0 Å². The molecule has 0 unspecified atom stereocenters. The summed E-state index contributed by atoms with van der Waals surface area (Å²) in [6.07, 6.45) is 13.2. The van der Waals surface area contributed by atoms with E-state index in [-0.39, 0.29) is 11.8 Å². The summed E-state index contributed by atoms with van der Waals surface area (Å²) in [4.78, 5) is 10.8. The van der Waals surface area contributed by atoms with Gasteiger partial charge in [0.25, 0.3) is 0 Å². The Hall–Kier alpha value is -0.240. The minimum atomic E-state index is -0.0532. The molecule has 2 nitrogen and oxygen atoms in total. The monoisotopic (exact) mass is 261 g/mol. The first kappa shape index (κ1) is 16.8. The molecule has 0 saturated carbocycles. The summed E-state index contributed by atoms with van der Waals surface area (Å²) in [5.74, 6) is 0.0280. The van der Waals surface area contributed by atoms with Gasteiger partial charge in [-0.25, -0.2) is 0 Å². The number of amides is 1. The van der Waals surface area contributed by atoms with Crippen LogP contribution in [0.25, 0.3) is 0 Å². The van der Waals surface area contributed by atoms with Crippen molar-refractivity contribution in [2.75, 3.05) is 12.4 Å². The first-order valence-electron chi connectivity index (χ1n) is 7.14. The minimum absolute atomic E-state index is 0.0532. The number of carbonyl (C=O) groups excluding carboxylic acids is 1. The van der Waals surface area contributed by atoms with Gasteiger partial charge >= 0.3 is 0 Å². The number of alkyl halides is 1. The van der Waals surface area contributed by atoms with Gasteiger partial charge in [-0.05, 0) is 6.42 Å². The quantitative estimate of drug-likeness (QED) is 0.413. The Morgan fingerprint density at radius 1 is 0.882 bits per heavy atom. The molecule has 3 heteroatoms. The summed E-state index contributed by atoms with van der Waals surface area (Å²) in [6.45, 7) is 3.03. The van der Waals surface area contributed by atoms with Crippen molar-refractivity contribution in [1.82, 2.24) is 5.32 Å². The van der Waals surface area contributed by atoms with Crippen molar-refractivity contribution in [1.29, 1.82) is 0 Å². The summed E-state index contributed by atoms with van der Waals surface area (Å²) in [7, 11) is 0. The lowest BCUT2D eigenvalue weighted by atomic mass is 10.1. The highest BCUT2D eigenvalue weighted by Crippen LogP contribution is 2.10. The molecule has 1 N–H and O–H groups in total. The molecule has 0 fully saturated rings. The smallest absolute Gasteiger partial charge is 0.234 e. The van der Waals surface area contributed by atoms with Crippen molar-refractivity contribution >= 4 is 17.5 Å². The fourth-order valence-electron chi connectivity index (χ4n) is 1.89. The van der Waals surface area contributed by atoms with E-state index in [1.165, 1.54) is 57.8 Å². The Balaban J connectivity index is 2.96. The van der Waals surface area contributed by atoms with Gasteiger partial charge in [0.1, 0.15) is 5.88 Å². The van der Waals surface area contributed by atoms with Crippen LogP contribution in [-0.2, 0) is 4.79 Å². The lowest BCUT2D eigenvalue weighted by Gasteiger charge is -2.03. The number of unbranched alkanes of at least 4 members (excludes halogenated alkanes) is 9. The van der Waals surface area contributed by atoms with E-state index >= 15 is 0 Å². The molecular weight excluding hydrogens is 234 g/mol. The van der Waals surface area contributed by atoms with Crippen LogP contribution in [0.15, 0.2) is 0 Å². The van der Waals surface area contributed by atoms with Gasteiger partial charge in [-0.15, -0.1) is 11.6 Å². The van der Waals surface area contributed by atoms with Crippen LogP contribution in [0.2, 0.25) is 0 Å². The van der Waals surface area contributed by atoms with Gasteiger partial charge in [-0.3, -0.25) is 4.79 Å². The third-order valence-corrected chi connectivity index (χ3v) is 3.22. The summed E-state index contributed by atoms with van der Waals surface area (Å²) in [6, 6.07) is 0. The zero-order valence-electron chi connectivity index (χ0n) is 11.3. The maximum absolute atomic E-state index is 10.8. The molecule has 0 radical (unpaired) electrons. The molecule has 0 atom stereocenters. The largest absolute Gasteiger partial charge is 0.355 e. The maximum atomic E-state index is 10.8. The Bertz CT molecular complexity index is 174. The van der Waals surface area contributed by atoms with Crippen molar-refractivity contribution in [3.8, 4) is 0 Å². The zero-order chi connectivity index (χ0) is 12.8. The number of carbonyl (C=O) groups is 1. The Morgan fingerprint density at radius 3 is 1.82 bits per heavy atom. The first-order valence-corrected chi connectivity index (χ1v) is 7.67. The van der Waals surface area contributed by atoms with Crippen molar-refractivity contribution < 1.29 is 4.79 Å². The number of hydrogen-bond acceptors (Lipinski definition) is 1. The van der Waals surface area contributed by atoms with Crippen molar-refractivity contribution in [2.45, 2.75) is 71.1 Å². The zero-order valence-corrected chi connectivity index (χ0v) is 12.0. The van der Waals surface area contributed by atoms with Gasteiger partial charge in [-0.1, -0.05) is 64.7 Å². The molecule has 0 rings (SSSR count). The topological polar surface area (TPSA) is 29.1 Å². The molecule has 0 bridgehead atoms. The Kier molecular flexibility index (Phi) is 13.6. The number of rotatable bonds is 12. The Morgan fingerprint density at radius 2 is 1.35 bits per heavy atom. The highest BCUT2D eigenvalue weighted by Gasteiger charge is 1.96. The Labute approximate surface area is 111 Å². The van der Waals surface area contributed by atoms with E-state index in [1.807, 2.05) is 0 Å². The van der Waals surface area contributed by atoms with Crippen molar-refractivity contribution in [3.05, 3.63) is 0 Å². The molecule has 0 aliphatic heterocycles. The van der Waals surface area contributed by atoms with Gasteiger partial charge in [0.2, 0.25) is 5.91 Å². The van der Waals surface area contributed by atoms with Crippen molar-refractivity contribution in [2.24, 2.45) is 0 Å². The average Bonchev–Trinajstić information content (AvgIpc) is 2.35. The summed E-state index contributed by atoms with van der Waals surface area (Å²) in [5.41, 5.74) is 0. The van der Waals surface area contributed by atoms with Gasteiger partial charge in [0.15, 0.2) is 0 Å². The molecule has 17 heavy (non-hydrogen) atoms.